The number of nitrogens with zero attached hydrogens (tertiary/aromatic N) is 5. The normalized spacial score (nSPS) is 20.8. The monoisotopic (exact) mass is 772 g/mol. The number of pyridine rings is 1. The molecule has 54 heavy (non-hydrogen) atoms. The van der Waals surface area contributed by atoms with Crippen molar-refractivity contribution in [2.45, 2.75) is 42.6 Å². The number of nitrogens with one attached hydrogen (secondary N) is 1. The summed E-state index contributed by atoms with van der Waals surface area (Å²) in [5.74, 6) is -3.91. The van der Waals surface area contributed by atoms with Gasteiger partial charge >= 0.3 is 18.2 Å². The highest BCUT2D eigenvalue weighted by Gasteiger charge is 2.63. The van der Waals surface area contributed by atoms with Gasteiger partial charge in [0.25, 0.3) is 15.9 Å². The van der Waals surface area contributed by atoms with Gasteiger partial charge in [-0.25, -0.2) is 23.0 Å². The maximum atomic E-state index is 15.2. The van der Waals surface area contributed by atoms with Crippen LogP contribution in [0.3, 0.4) is 0 Å². The number of ether oxygens (including phenoxy) is 4. The molecule has 1 N–H and O–H groups in total. The summed E-state index contributed by atoms with van der Waals surface area (Å²) in [5, 5.41) is 12.5. The minimum Gasteiger partial charge on any atom is -0.497 e. The highest BCUT2D eigenvalue weighted by atomic mass is 32.2. The Kier molecular flexibility index (Phi) is 9.87. The molecule has 2 fully saturated rings. The van der Waals surface area contributed by atoms with Crippen LogP contribution in [0.4, 0.5) is 23.7 Å². The number of urea groups is 1. The molecule has 3 aromatic rings. The van der Waals surface area contributed by atoms with Crippen LogP contribution >= 0.6 is 0 Å². The Morgan fingerprint density at radius 1 is 1.07 bits per heavy atom. The molecule has 4 heterocycles. The highest BCUT2D eigenvalue weighted by Crippen LogP contribution is 2.52. The van der Waals surface area contributed by atoms with Gasteiger partial charge in [-0.05, 0) is 82.4 Å². The van der Waals surface area contributed by atoms with Crippen molar-refractivity contribution in [2.75, 3.05) is 51.8 Å². The maximum absolute atomic E-state index is 15.2. The number of likely N-dealkylation sites (tertiary alicyclic amines) is 2. The lowest BCUT2D eigenvalue weighted by atomic mass is 9.70. The van der Waals surface area contributed by atoms with E-state index in [9.17, 15) is 36.4 Å². The van der Waals surface area contributed by atoms with Crippen LogP contribution in [0.15, 0.2) is 59.6 Å². The van der Waals surface area contributed by atoms with E-state index in [2.05, 4.69) is 10.3 Å². The Hall–Kier alpha value is -5.61. The number of carbonyl (C=O) groups excluding carboxylic acids is 3. The quantitative estimate of drug-likeness (QED) is 0.313. The van der Waals surface area contributed by atoms with E-state index in [0.29, 0.717) is 17.4 Å². The van der Waals surface area contributed by atoms with Gasteiger partial charge in [-0.1, -0.05) is 0 Å². The third kappa shape index (κ3) is 6.18. The molecule has 0 radical (unpaired) electrons. The molecular formula is C35H35F3N6O9S. The van der Waals surface area contributed by atoms with E-state index in [-0.39, 0.29) is 65.8 Å². The van der Waals surface area contributed by atoms with Gasteiger partial charge in [-0.2, -0.15) is 22.7 Å². The molecule has 6 rings (SSSR count). The number of fused-ring (bicyclic) bond motifs is 1. The zero-order chi connectivity index (χ0) is 39.2. The Labute approximate surface area is 308 Å². The van der Waals surface area contributed by atoms with Crippen LogP contribution in [0.5, 0.6) is 17.4 Å². The zero-order valence-corrected chi connectivity index (χ0v) is 30.3. The van der Waals surface area contributed by atoms with Gasteiger partial charge in [0.15, 0.2) is 11.8 Å². The van der Waals surface area contributed by atoms with Crippen molar-refractivity contribution >= 4 is 33.6 Å². The molecule has 3 aliphatic heterocycles. The molecule has 2 saturated heterocycles. The van der Waals surface area contributed by atoms with Gasteiger partial charge in [0, 0.05) is 29.8 Å². The smallest absolute Gasteiger partial charge is 0.491 e. The number of nitriles is 1. The minimum atomic E-state index is -5.38. The Morgan fingerprint density at radius 2 is 1.80 bits per heavy atom. The van der Waals surface area contributed by atoms with Crippen LogP contribution < -0.4 is 23.8 Å². The van der Waals surface area contributed by atoms with Crippen molar-refractivity contribution in [1.29, 1.82) is 5.26 Å². The number of anilines is 1. The van der Waals surface area contributed by atoms with Crippen LogP contribution in [0.1, 0.15) is 36.5 Å². The lowest BCUT2D eigenvalue weighted by Gasteiger charge is -2.58. The van der Waals surface area contributed by atoms with Gasteiger partial charge in [0.2, 0.25) is 5.88 Å². The molecule has 3 aliphatic rings. The maximum Gasteiger partial charge on any atom is 0.491 e. The first kappa shape index (κ1) is 38.1. The zero-order valence-electron chi connectivity index (χ0n) is 29.5. The van der Waals surface area contributed by atoms with Crippen molar-refractivity contribution in [2.24, 2.45) is 5.41 Å². The number of alkyl halides is 3. The summed E-state index contributed by atoms with van der Waals surface area (Å²) in [6.45, 7) is 2.36. The molecule has 0 aliphatic carbocycles. The van der Waals surface area contributed by atoms with Gasteiger partial charge in [-0.3, -0.25) is 9.69 Å². The summed E-state index contributed by atoms with van der Waals surface area (Å²) < 4.78 is 91.7. The molecule has 0 bridgehead atoms. The summed E-state index contributed by atoms with van der Waals surface area (Å²) in [6, 6.07) is 11.0. The molecule has 15 nitrogen and oxygen atoms in total. The van der Waals surface area contributed by atoms with E-state index < -0.39 is 56.2 Å². The first-order chi connectivity index (χ1) is 25.6. The van der Waals surface area contributed by atoms with Crippen molar-refractivity contribution in [3.63, 3.8) is 0 Å². The molecule has 2 atom stereocenters. The van der Waals surface area contributed by atoms with Crippen molar-refractivity contribution in [3.8, 4) is 23.4 Å². The van der Waals surface area contributed by atoms with Crippen LogP contribution in [0.25, 0.3) is 0 Å². The fraction of sp³-hybridized carbons (Fsp3) is 0.400. The summed E-state index contributed by atoms with van der Waals surface area (Å²) in [7, 11) is -0.521. The SMILES string of the molecule is CCOc1ncccc1C1(NC(=O)N2CC3(CCN(C)CC3)C2OC(=O)C(F)(F)F)C(=O)N(S(=O)(=O)c2ccc(OC)cc2OC)c2ccc(C#N)cc21. The summed E-state index contributed by atoms with van der Waals surface area (Å²) in [6.07, 6.45) is -5.16. The molecular weight excluding hydrogens is 737 g/mol. The Morgan fingerprint density at radius 3 is 2.43 bits per heavy atom. The summed E-state index contributed by atoms with van der Waals surface area (Å²) in [4.78, 5) is 48.5. The largest absolute Gasteiger partial charge is 0.497 e. The van der Waals surface area contributed by atoms with Crippen LogP contribution in [-0.4, -0.2) is 101 Å². The fourth-order valence-electron chi connectivity index (χ4n) is 7.12. The van der Waals surface area contributed by atoms with Crippen molar-refractivity contribution < 1.29 is 54.9 Å². The molecule has 0 saturated carbocycles. The Balaban J connectivity index is 1.53. The number of aromatic nitrogens is 1. The first-order valence-electron chi connectivity index (χ1n) is 16.6. The number of carbonyl (C=O) groups is 3. The van der Waals surface area contributed by atoms with Crippen molar-refractivity contribution in [3.05, 3.63) is 71.4 Å². The number of benzene rings is 2. The average molecular weight is 773 g/mol. The second-order valence-electron chi connectivity index (χ2n) is 13.0. The van der Waals surface area contributed by atoms with Gasteiger partial charge in [0.1, 0.15) is 16.4 Å². The molecule has 1 spiro atoms. The highest BCUT2D eigenvalue weighted by molar-refractivity contribution is 7.93. The predicted molar refractivity (Wildman–Crippen MR) is 182 cm³/mol. The standard InChI is InChI=1S/C35H35F3N6O9S/c1-5-52-28-23(7-6-14-40-28)34(41-32(47)43-20-33(12-15-42(2)16-13-33)30(43)53-31(46)35(36,37)38)24-17-21(19-39)8-10-25(24)44(29(34)45)54(48,49)27-11-9-22(50-3)18-26(27)51-4/h6-11,14,17-18,30H,5,12-13,15-16,20H2,1-4H3,(H,41,47). The molecule has 1 aromatic heterocycles. The first-order valence-corrected chi connectivity index (χ1v) is 18.0. The summed E-state index contributed by atoms with van der Waals surface area (Å²) >= 11 is 0. The minimum absolute atomic E-state index is 0.0109. The third-order valence-electron chi connectivity index (χ3n) is 9.88. The number of hydrogen-bond donors (Lipinski definition) is 1. The molecule has 19 heteroatoms. The van der Waals surface area contributed by atoms with Gasteiger partial charge in [0.05, 0.1) is 43.7 Å². The van der Waals surface area contributed by atoms with E-state index in [1.807, 2.05) is 18.0 Å². The topological polar surface area (TPSA) is 181 Å². The number of piperidine rings is 1. The van der Waals surface area contributed by atoms with Crippen LogP contribution in [0, 0.1) is 16.7 Å². The van der Waals surface area contributed by atoms with E-state index in [1.165, 1.54) is 68.9 Å². The number of hydrogen-bond acceptors (Lipinski definition) is 12. The van der Waals surface area contributed by atoms with Gasteiger partial charge < -0.3 is 29.2 Å². The predicted octanol–water partition coefficient (Wildman–Crippen LogP) is 3.52. The number of esters is 1. The number of rotatable bonds is 9. The molecule has 286 valence electrons. The molecule has 2 unspecified atom stereocenters. The van der Waals surface area contributed by atoms with E-state index in [4.69, 9.17) is 18.9 Å². The fourth-order valence-corrected chi connectivity index (χ4v) is 8.72. The Bertz CT molecular complexity index is 2150. The van der Waals surface area contributed by atoms with Crippen molar-refractivity contribution in [1.82, 2.24) is 20.1 Å². The number of amides is 3. The molecule has 3 amide bonds. The van der Waals surface area contributed by atoms with Gasteiger partial charge in [-0.15, -0.1) is 0 Å². The summed E-state index contributed by atoms with van der Waals surface area (Å²) in [5.41, 5.74) is -4.20. The lowest BCUT2D eigenvalue weighted by Crippen LogP contribution is -2.73. The third-order valence-corrected chi connectivity index (χ3v) is 11.6. The number of halogens is 3. The lowest BCUT2D eigenvalue weighted by molar-refractivity contribution is -0.247. The number of sulfonamides is 1. The second-order valence-corrected chi connectivity index (χ2v) is 14.7. The average Bonchev–Trinajstić information content (AvgIpc) is 3.40. The van der Waals surface area contributed by atoms with Crippen LogP contribution in [-0.2, 0) is 29.9 Å². The van der Waals surface area contributed by atoms with E-state index >= 15 is 4.79 Å². The van der Waals surface area contributed by atoms with Crippen LogP contribution in [0.2, 0.25) is 0 Å². The number of methoxy groups -OCH3 is 2. The van der Waals surface area contributed by atoms with E-state index in [0.717, 1.165) is 4.90 Å². The van der Waals surface area contributed by atoms with E-state index in [1.54, 1.807) is 6.92 Å². The second kappa shape index (κ2) is 14.0. The molecule has 2 aromatic carbocycles.